The van der Waals surface area contributed by atoms with E-state index in [0.717, 1.165) is 10.5 Å². The molecule has 0 saturated carbocycles. The van der Waals surface area contributed by atoms with E-state index in [1.165, 1.54) is 0 Å². The monoisotopic (exact) mass is 328 g/mol. The van der Waals surface area contributed by atoms with Gasteiger partial charge in [0.2, 0.25) is 5.91 Å². The third-order valence-electron chi connectivity index (χ3n) is 4.32. The van der Waals surface area contributed by atoms with Gasteiger partial charge in [0.1, 0.15) is 5.82 Å². The van der Waals surface area contributed by atoms with Gasteiger partial charge in [-0.1, -0.05) is 30.3 Å². The summed E-state index contributed by atoms with van der Waals surface area (Å²) >= 11 is 1.63. The summed E-state index contributed by atoms with van der Waals surface area (Å²) < 4.78 is 5.48. The maximum Gasteiger partial charge on any atom is 0.236 e. The molecule has 1 aliphatic heterocycles. The van der Waals surface area contributed by atoms with Crippen molar-refractivity contribution in [1.82, 2.24) is 4.98 Å². The lowest BCUT2D eigenvalue weighted by Crippen LogP contribution is -2.45. The summed E-state index contributed by atoms with van der Waals surface area (Å²) in [5.74, 6) is 0.589. The Hall–Kier alpha value is -1.85. The van der Waals surface area contributed by atoms with E-state index < -0.39 is 5.41 Å². The minimum Gasteiger partial charge on any atom is -0.381 e. The zero-order valence-corrected chi connectivity index (χ0v) is 13.9. The minimum absolute atomic E-state index is 0.00333. The molecule has 23 heavy (non-hydrogen) atoms. The molecule has 0 bridgehead atoms. The van der Waals surface area contributed by atoms with Gasteiger partial charge >= 0.3 is 0 Å². The average molecular weight is 328 g/mol. The van der Waals surface area contributed by atoms with E-state index in [1.807, 2.05) is 48.7 Å². The number of carbonyl (C=O) groups is 1. The molecule has 0 radical (unpaired) electrons. The zero-order valence-electron chi connectivity index (χ0n) is 13.1. The first-order valence-corrected chi connectivity index (χ1v) is 8.92. The number of rotatable bonds is 4. The number of anilines is 1. The van der Waals surface area contributed by atoms with Gasteiger partial charge in [-0.15, -0.1) is 11.8 Å². The van der Waals surface area contributed by atoms with Gasteiger partial charge in [0.15, 0.2) is 0 Å². The van der Waals surface area contributed by atoms with Crippen LogP contribution in [0.5, 0.6) is 0 Å². The molecule has 1 aromatic carbocycles. The second-order valence-electron chi connectivity index (χ2n) is 5.60. The van der Waals surface area contributed by atoms with E-state index in [4.69, 9.17) is 4.74 Å². The number of benzene rings is 1. The first kappa shape index (κ1) is 16.0. The normalized spacial score (nSPS) is 16.7. The Labute approximate surface area is 140 Å². The number of carbonyl (C=O) groups excluding carboxylic acids is 1. The second-order valence-corrected chi connectivity index (χ2v) is 6.48. The number of ether oxygens (including phenoxy) is 1. The standard InChI is InChI=1S/C18H20N2O2S/c1-23-15-7-8-16(19-13-15)20-17(21)18(9-11-22-12-10-18)14-5-3-2-4-6-14/h2-8,13H,9-12H2,1H3,(H,19,20,21). The summed E-state index contributed by atoms with van der Waals surface area (Å²) in [4.78, 5) is 18.4. The van der Waals surface area contributed by atoms with Gasteiger partial charge in [0.25, 0.3) is 0 Å². The smallest absolute Gasteiger partial charge is 0.236 e. The highest BCUT2D eigenvalue weighted by Crippen LogP contribution is 2.36. The van der Waals surface area contributed by atoms with Crippen molar-refractivity contribution in [1.29, 1.82) is 0 Å². The number of nitrogens with zero attached hydrogens (tertiary/aromatic N) is 1. The van der Waals surface area contributed by atoms with Gasteiger partial charge in [0.05, 0.1) is 5.41 Å². The molecule has 2 aromatic rings. The van der Waals surface area contributed by atoms with Crippen LogP contribution in [0.4, 0.5) is 5.82 Å². The highest BCUT2D eigenvalue weighted by Gasteiger charge is 2.41. The molecule has 0 atom stereocenters. The topological polar surface area (TPSA) is 51.2 Å². The van der Waals surface area contributed by atoms with Gasteiger partial charge in [-0.05, 0) is 36.8 Å². The zero-order chi connectivity index (χ0) is 16.1. The molecule has 4 nitrogen and oxygen atoms in total. The van der Waals surface area contributed by atoms with Crippen molar-refractivity contribution >= 4 is 23.5 Å². The van der Waals surface area contributed by atoms with Crippen molar-refractivity contribution in [2.45, 2.75) is 23.2 Å². The summed E-state index contributed by atoms with van der Waals surface area (Å²) in [6.45, 7) is 1.20. The second kappa shape index (κ2) is 7.15. The van der Waals surface area contributed by atoms with Gasteiger partial charge < -0.3 is 10.1 Å². The molecule has 120 valence electrons. The number of aromatic nitrogens is 1. The van der Waals surface area contributed by atoms with E-state index in [-0.39, 0.29) is 5.91 Å². The van der Waals surface area contributed by atoms with Crippen molar-refractivity contribution < 1.29 is 9.53 Å². The number of thioether (sulfide) groups is 1. The molecule has 1 aliphatic rings. The number of pyridine rings is 1. The maximum absolute atomic E-state index is 13.0. The van der Waals surface area contributed by atoms with Crippen molar-refractivity contribution in [2.24, 2.45) is 0 Å². The molecule has 0 spiro atoms. The first-order valence-electron chi connectivity index (χ1n) is 7.69. The Kier molecular flexibility index (Phi) is 4.98. The van der Waals surface area contributed by atoms with Crippen LogP contribution < -0.4 is 5.32 Å². The summed E-state index contributed by atoms with van der Waals surface area (Å²) in [5.41, 5.74) is 0.501. The third kappa shape index (κ3) is 3.41. The molecule has 0 unspecified atom stereocenters. The van der Waals surface area contributed by atoms with Crippen LogP contribution >= 0.6 is 11.8 Å². The number of hydrogen-bond donors (Lipinski definition) is 1. The van der Waals surface area contributed by atoms with Crippen LogP contribution in [-0.4, -0.2) is 30.4 Å². The molecule has 1 N–H and O–H groups in total. The average Bonchev–Trinajstić information content (AvgIpc) is 2.63. The quantitative estimate of drug-likeness (QED) is 0.873. The van der Waals surface area contributed by atoms with Crippen LogP contribution in [0.2, 0.25) is 0 Å². The predicted molar refractivity (Wildman–Crippen MR) is 92.8 cm³/mol. The molecule has 5 heteroatoms. The SMILES string of the molecule is CSc1ccc(NC(=O)C2(c3ccccc3)CCOCC2)nc1. The van der Waals surface area contributed by atoms with Crippen LogP contribution in [0.3, 0.4) is 0 Å². The molecule has 1 amide bonds. The van der Waals surface area contributed by atoms with Gasteiger partial charge in [-0.3, -0.25) is 4.79 Å². The van der Waals surface area contributed by atoms with Crippen molar-refractivity contribution in [3.63, 3.8) is 0 Å². The van der Waals surface area contributed by atoms with Crippen LogP contribution in [0.25, 0.3) is 0 Å². The number of nitrogens with one attached hydrogen (secondary N) is 1. The molecular weight excluding hydrogens is 308 g/mol. The largest absolute Gasteiger partial charge is 0.381 e. The molecule has 1 fully saturated rings. The van der Waals surface area contributed by atoms with Crippen LogP contribution in [-0.2, 0) is 14.9 Å². The Morgan fingerprint density at radius 2 is 1.91 bits per heavy atom. The molecule has 0 aliphatic carbocycles. The van der Waals surface area contributed by atoms with Gasteiger partial charge in [-0.2, -0.15) is 0 Å². The van der Waals surface area contributed by atoms with E-state index >= 15 is 0 Å². The number of hydrogen-bond acceptors (Lipinski definition) is 4. The molecule has 2 heterocycles. The van der Waals surface area contributed by atoms with Crippen LogP contribution in [0.1, 0.15) is 18.4 Å². The maximum atomic E-state index is 13.0. The third-order valence-corrected chi connectivity index (χ3v) is 5.03. The minimum atomic E-state index is -0.542. The number of amides is 1. The van der Waals surface area contributed by atoms with Crippen LogP contribution in [0, 0.1) is 0 Å². The highest BCUT2D eigenvalue weighted by molar-refractivity contribution is 7.98. The van der Waals surface area contributed by atoms with E-state index in [2.05, 4.69) is 10.3 Å². The Balaban J connectivity index is 1.85. The van der Waals surface area contributed by atoms with Crippen molar-refractivity contribution in [3.05, 3.63) is 54.2 Å². The summed E-state index contributed by atoms with van der Waals surface area (Å²) in [7, 11) is 0. The first-order chi connectivity index (χ1) is 11.2. The molecule has 1 saturated heterocycles. The fourth-order valence-electron chi connectivity index (χ4n) is 2.93. The van der Waals surface area contributed by atoms with E-state index in [0.29, 0.717) is 31.9 Å². The Bertz CT molecular complexity index is 652. The lowest BCUT2D eigenvalue weighted by atomic mass is 9.73. The van der Waals surface area contributed by atoms with Gasteiger partial charge in [0, 0.05) is 24.3 Å². The van der Waals surface area contributed by atoms with E-state index in [9.17, 15) is 4.79 Å². The Morgan fingerprint density at radius 1 is 1.17 bits per heavy atom. The lowest BCUT2D eigenvalue weighted by molar-refractivity contribution is -0.125. The van der Waals surface area contributed by atoms with Crippen molar-refractivity contribution in [3.8, 4) is 0 Å². The highest BCUT2D eigenvalue weighted by atomic mass is 32.2. The fraction of sp³-hybridized carbons (Fsp3) is 0.333. The fourth-order valence-corrected chi connectivity index (χ4v) is 3.30. The summed E-state index contributed by atoms with van der Waals surface area (Å²) in [6.07, 6.45) is 5.15. The van der Waals surface area contributed by atoms with Crippen molar-refractivity contribution in [2.75, 3.05) is 24.8 Å². The molecular formula is C18H20N2O2S. The predicted octanol–water partition coefficient (Wildman–Crippen LogP) is 3.49. The summed E-state index contributed by atoms with van der Waals surface area (Å²) in [5, 5.41) is 2.99. The van der Waals surface area contributed by atoms with Gasteiger partial charge in [-0.25, -0.2) is 4.98 Å². The van der Waals surface area contributed by atoms with E-state index in [1.54, 1.807) is 18.0 Å². The Morgan fingerprint density at radius 3 is 2.52 bits per heavy atom. The molecule has 1 aromatic heterocycles. The van der Waals surface area contributed by atoms with Crippen LogP contribution in [0.15, 0.2) is 53.6 Å². The molecule has 3 rings (SSSR count). The summed E-state index contributed by atoms with van der Waals surface area (Å²) in [6, 6.07) is 13.8. The lowest BCUT2D eigenvalue weighted by Gasteiger charge is -2.36.